The van der Waals surface area contributed by atoms with Gasteiger partial charge in [0.15, 0.2) is 6.23 Å². The van der Waals surface area contributed by atoms with Gasteiger partial charge in [-0.15, -0.1) is 0 Å². The number of nitrogens with zero attached hydrogens (tertiary/aromatic N) is 1. The summed E-state index contributed by atoms with van der Waals surface area (Å²) in [5, 5.41) is 2.68. The van der Waals surface area contributed by atoms with E-state index in [0.717, 1.165) is 19.4 Å². The Labute approximate surface area is 103 Å². The van der Waals surface area contributed by atoms with Crippen molar-refractivity contribution in [2.24, 2.45) is 0 Å². The van der Waals surface area contributed by atoms with Crippen LogP contribution in [-0.2, 0) is 14.3 Å². The van der Waals surface area contributed by atoms with Crippen LogP contribution in [-0.4, -0.2) is 43.6 Å². The molecule has 0 aromatic heterocycles. The van der Waals surface area contributed by atoms with E-state index in [-0.39, 0.29) is 18.1 Å². The van der Waals surface area contributed by atoms with Crippen LogP contribution in [0.3, 0.4) is 0 Å². The van der Waals surface area contributed by atoms with Crippen molar-refractivity contribution in [2.75, 3.05) is 20.6 Å². The van der Waals surface area contributed by atoms with Crippen molar-refractivity contribution in [3.63, 3.8) is 0 Å². The zero-order valence-corrected chi connectivity index (χ0v) is 11.1. The first kappa shape index (κ1) is 15.6. The minimum atomic E-state index is -0.341. The number of hydrogen-bond acceptors (Lipinski definition) is 4. The predicted octanol–water partition coefficient (Wildman–Crippen LogP) is 0.910. The van der Waals surface area contributed by atoms with Gasteiger partial charge in [-0.05, 0) is 34.4 Å². The van der Waals surface area contributed by atoms with Crippen LogP contribution in [0.25, 0.3) is 0 Å². The van der Waals surface area contributed by atoms with Gasteiger partial charge in [-0.3, -0.25) is 9.69 Å². The van der Waals surface area contributed by atoms with E-state index in [1.807, 2.05) is 14.1 Å². The average Bonchev–Trinajstić information content (AvgIpc) is 2.69. The Balaban J connectivity index is 0.000000354. The van der Waals surface area contributed by atoms with Crippen molar-refractivity contribution < 1.29 is 14.3 Å². The number of esters is 1. The van der Waals surface area contributed by atoms with Gasteiger partial charge in [0.2, 0.25) is 5.91 Å². The van der Waals surface area contributed by atoms with Crippen LogP contribution in [0.1, 0.15) is 26.7 Å². The van der Waals surface area contributed by atoms with Crippen molar-refractivity contribution in [1.82, 2.24) is 10.2 Å². The molecular formula is C12H22N2O3. The summed E-state index contributed by atoms with van der Waals surface area (Å²) in [5.74, 6) is -0.138. The maximum absolute atomic E-state index is 10.9. The molecule has 1 fully saturated rings. The maximum atomic E-state index is 10.9. The largest absolute Gasteiger partial charge is 0.443 e. The lowest BCUT2D eigenvalue weighted by molar-refractivity contribution is -0.150. The minimum absolute atomic E-state index is 0.195. The summed E-state index contributed by atoms with van der Waals surface area (Å²) < 4.78 is 4.96. The first-order valence-corrected chi connectivity index (χ1v) is 5.64. The molecule has 1 saturated heterocycles. The van der Waals surface area contributed by atoms with E-state index < -0.39 is 0 Å². The molecule has 5 heteroatoms. The smallest absolute Gasteiger partial charge is 0.334 e. The van der Waals surface area contributed by atoms with Gasteiger partial charge in [0.25, 0.3) is 0 Å². The van der Waals surface area contributed by atoms with Crippen LogP contribution in [0.5, 0.6) is 0 Å². The monoisotopic (exact) mass is 242 g/mol. The fraction of sp³-hybridized carbons (Fsp3) is 0.667. The second-order valence-electron chi connectivity index (χ2n) is 4.20. The Bertz CT molecular complexity index is 279. The van der Waals surface area contributed by atoms with Crippen LogP contribution in [0.4, 0.5) is 0 Å². The number of ether oxygens (including phenoxy) is 1. The molecule has 0 aromatic rings. The summed E-state index contributed by atoms with van der Waals surface area (Å²) in [6.45, 7) is 7.80. The number of amides is 1. The van der Waals surface area contributed by atoms with Gasteiger partial charge in [0.05, 0.1) is 0 Å². The second-order valence-corrected chi connectivity index (χ2v) is 4.20. The average molecular weight is 242 g/mol. The molecule has 1 heterocycles. The lowest BCUT2D eigenvalue weighted by atomic mass is 10.4. The highest BCUT2D eigenvalue weighted by Gasteiger charge is 2.10. The molecule has 0 aromatic carbocycles. The van der Waals surface area contributed by atoms with Gasteiger partial charge in [-0.2, -0.15) is 0 Å². The van der Waals surface area contributed by atoms with Gasteiger partial charge in [-0.25, -0.2) is 4.79 Å². The van der Waals surface area contributed by atoms with Gasteiger partial charge in [0.1, 0.15) is 0 Å². The molecule has 0 aliphatic carbocycles. The molecule has 1 atom stereocenters. The number of rotatable bonds is 3. The molecule has 1 aliphatic rings. The highest BCUT2D eigenvalue weighted by molar-refractivity contribution is 5.87. The summed E-state index contributed by atoms with van der Waals surface area (Å²) >= 11 is 0. The molecule has 1 N–H and O–H groups in total. The normalized spacial score (nSPS) is 15.7. The van der Waals surface area contributed by atoms with Crippen molar-refractivity contribution in [1.29, 1.82) is 0 Å². The third-order valence-corrected chi connectivity index (χ3v) is 2.26. The molecule has 0 radical (unpaired) electrons. The zero-order valence-electron chi connectivity index (χ0n) is 11.1. The molecule has 1 aliphatic heterocycles. The topological polar surface area (TPSA) is 58.6 Å². The zero-order chi connectivity index (χ0) is 13.4. The number of carbonyl (C=O) groups is 2. The summed E-state index contributed by atoms with van der Waals surface area (Å²) in [6.07, 6.45) is 1.57. The summed E-state index contributed by atoms with van der Waals surface area (Å²) in [7, 11) is 3.69. The van der Waals surface area contributed by atoms with Crippen LogP contribution < -0.4 is 5.32 Å². The molecule has 1 rings (SSSR count). The van der Waals surface area contributed by atoms with Crippen molar-refractivity contribution in [2.45, 2.75) is 32.9 Å². The van der Waals surface area contributed by atoms with E-state index in [9.17, 15) is 9.59 Å². The summed E-state index contributed by atoms with van der Waals surface area (Å²) in [4.78, 5) is 22.8. The molecule has 1 unspecified atom stereocenters. The number of nitrogens with one attached hydrogen (secondary N) is 1. The third-order valence-electron chi connectivity index (χ3n) is 2.26. The summed E-state index contributed by atoms with van der Waals surface area (Å²) in [5.41, 5.74) is 0.429. The molecule has 0 spiro atoms. The maximum Gasteiger partial charge on any atom is 0.334 e. The Kier molecular flexibility index (Phi) is 7.21. The molecule has 0 bridgehead atoms. The minimum Gasteiger partial charge on any atom is -0.443 e. The van der Waals surface area contributed by atoms with Crippen LogP contribution >= 0.6 is 0 Å². The lowest BCUT2D eigenvalue weighted by Gasteiger charge is -2.19. The van der Waals surface area contributed by atoms with Crippen LogP contribution in [0, 0.1) is 0 Å². The number of hydrogen-bond donors (Lipinski definition) is 1. The molecule has 98 valence electrons. The van der Waals surface area contributed by atoms with Gasteiger partial charge >= 0.3 is 5.97 Å². The SMILES string of the molecule is C=C(C)C(=O)OC(C)N(C)C.O=C1CCCN1. The fourth-order valence-corrected chi connectivity index (χ4v) is 0.926. The van der Waals surface area contributed by atoms with E-state index in [0.29, 0.717) is 5.57 Å². The first-order chi connectivity index (χ1) is 7.84. The Morgan fingerprint density at radius 3 is 2.35 bits per heavy atom. The van der Waals surface area contributed by atoms with E-state index in [1.165, 1.54) is 0 Å². The van der Waals surface area contributed by atoms with Crippen LogP contribution in [0.15, 0.2) is 12.2 Å². The van der Waals surface area contributed by atoms with Gasteiger partial charge in [-0.1, -0.05) is 6.58 Å². The van der Waals surface area contributed by atoms with E-state index in [4.69, 9.17) is 4.74 Å². The highest BCUT2D eigenvalue weighted by Crippen LogP contribution is 1.99. The highest BCUT2D eigenvalue weighted by atomic mass is 16.6. The Morgan fingerprint density at radius 2 is 2.12 bits per heavy atom. The van der Waals surface area contributed by atoms with Crippen LogP contribution in [0.2, 0.25) is 0 Å². The van der Waals surface area contributed by atoms with Gasteiger partial charge in [0, 0.05) is 18.5 Å². The van der Waals surface area contributed by atoms with E-state index in [1.54, 1.807) is 18.7 Å². The molecule has 17 heavy (non-hydrogen) atoms. The Morgan fingerprint density at radius 1 is 1.53 bits per heavy atom. The predicted molar refractivity (Wildman–Crippen MR) is 66.3 cm³/mol. The molecule has 5 nitrogen and oxygen atoms in total. The standard InChI is InChI=1S/C8H15NO2.C4H7NO/c1-6(2)8(10)11-7(3)9(4)5;6-4-2-1-3-5-4/h7H,1H2,2-5H3;1-3H2,(H,5,6). The third kappa shape index (κ3) is 7.52. The van der Waals surface area contributed by atoms with Crippen molar-refractivity contribution in [3.05, 3.63) is 12.2 Å². The van der Waals surface area contributed by atoms with Crippen molar-refractivity contribution in [3.8, 4) is 0 Å². The fourth-order valence-electron chi connectivity index (χ4n) is 0.926. The van der Waals surface area contributed by atoms with E-state index >= 15 is 0 Å². The first-order valence-electron chi connectivity index (χ1n) is 5.64. The summed E-state index contributed by atoms with van der Waals surface area (Å²) in [6, 6.07) is 0. The Hall–Kier alpha value is -1.36. The van der Waals surface area contributed by atoms with Crippen molar-refractivity contribution >= 4 is 11.9 Å². The molecular weight excluding hydrogens is 220 g/mol. The van der Waals surface area contributed by atoms with Gasteiger partial charge < -0.3 is 10.1 Å². The molecule has 1 amide bonds. The lowest BCUT2D eigenvalue weighted by Crippen LogP contribution is -2.30. The van der Waals surface area contributed by atoms with E-state index in [2.05, 4.69) is 11.9 Å². The molecule has 0 saturated carbocycles. The second kappa shape index (κ2) is 7.84. The number of carbonyl (C=O) groups excluding carboxylic acids is 2. The quantitative estimate of drug-likeness (QED) is 0.454.